The first-order chi connectivity index (χ1) is 7.24. The van der Waals surface area contributed by atoms with E-state index < -0.39 is 9.84 Å². The molecular formula is C11H23NO3S. The Morgan fingerprint density at radius 2 is 1.75 bits per heavy atom. The van der Waals surface area contributed by atoms with Gasteiger partial charge in [-0.15, -0.1) is 0 Å². The molecule has 5 heteroatoms. The van der Waals surface area contributed by atoms with E-state index in [1.807, 2.05) is 13.8 Å². The average Bonchev–Trinajstić information content (AvgIpc) is 2.14. The van der Waals surface area contributed by atoms with Gasteiger partial charge in [0.05, 0.1) is 11.5 Å². The first kappa shape index (κ1) is 15.4. The van der Waals surface area contributed by atoms with Crippen LogP contribution in [-0.2, 0) is 14.6 Å². The lowest BCUT2D eigenvalue weighted by Crippen LogP contribution is -2.22. The van der Waals surface area contributed by atoms with Crippen molar-refractivity contribution in [2.45, 2.75) is 33.1 Å². The molecule has 0 atom stereocenters. The van der Waals surface area contributed by atoms with Crippen LogP contribution in [0.1, 0.15) is 33.1 Å². The molecule has 0 radical (unpaired) electrons. The van der Waals surface area contributed by atoms with E-state index in [1.54, 1.807) is 14.1 Å². The molecule has 0 spiro atoms. The summed E-state index contributed by atoms with van der Waals surface area (Å²) >= 11 is 0. The van der Waals surface area contributed by atoms with Gasteiger partial charge in [-0.25, -0.2) is 8.42 Å². The topological polar surface area (TPSA) is 54.5 Å². The minimum absolute atomic E-state index is 0.0148. The molecule has 1 amide bonds. The maximum atomic E-state index is 11.6. The largest absolute Gasteiger partial charge is 0.349 e. The van der Waals surface area contributed by atoms with Gasteiger partial charge in [-0.1, -0.05) is 13.8 Å². The van der Waals surface area contributed by atoms with Crippen molar-refractivity contribution in [2.24, 2.45) is 5.92 Å². The van der Waals surface area contributed by atoms with E-state index in [4.69, 9.17) is 0 Å². The van der Waals surface area contributed by atoms with Gasteiger partial charge in [-0.3, -0.25) is 4.79 Å². The highest BCUT2D eigenvalue weighted by Crippen LogP contribution is 2.06. The molecule has 16 heavy (non-hydrogen) atoms. The summed E-state index contributed by atoms with van der Waals surface area (Å²) in [5.41, 5.74) is 0. The average molecular weight is 249 g/mol. The van der Waals surface area contributed by atoms with Gasteiger partial charge in [-0.2, -0.15) is 0 Å². The Bertz CT molecular complexity index is 307. The SMILES string of the molecule is CC(C)CCS(=O)(=O)CCCC(=O)N(C)C. The second-order valence-corrected chi connectivity index (χ2v) is 7.03. The first-order valence-corrected chi connectivity index (χ1v) is 7.47. The Kier molecular flexibility index (Phi) is 6.64. The quantitative estimate of drug-likeness (QED) is 0.683. The maximum absolute atomic E-state index is 11.6. The molecule has 0 aliphatic rings. The van der Waals surface area contributed by atoms with E-state index in [2.05, 4.69) is 0 Å². The lowest BCUT2D eigenvalue weighted by molar-refractivity contribution is -0.128. The molecule has 0 bridgehead atoms. The molecule has 0 aromatic heterocycles. The molecule has 0 saturated heterocycles. The molecule has 4 nitrogen and oxygen atoms in total. The van der Waals surface area contributed by atoms with Gasteiger partial charge < -0.3 is 4.90 Å². The predicted octanol–water partition coefficient (Wildman–Crippen LogP) is 1.32. The summed E-state index contributed by atoms with van der Waals surface area (Å²) in [7, 11) is 0.384. The van der Waals surface area contributed by atoms with Crippen molar-refractivity contribution in [3.05, 3.63) is 0 Å². The van der Waals surface area contributed by atoms with Crippen molar-refractivity contribution in [1.29, 1.82) is 0 Å². The number of sulfone groups is 1. The third kappa shape index (κ3) is 7.68. The molecule has 0 saturated carbocycles. The van der Waals surface area contributed by atoms with Crippen LogP contribution < -0.4 is 0 Å². The Labute approximate surface area is 98.9 Å². The van der Waals surface area contributed by atoms with Crippen LogP contribution in [0.15, 0.2) is 0 Å². The highest BCUT2D eigenvalue weighted by Gasteiger charge is 2.13. The number of carbonyl (C=O) groups excluding carboxylic acids is 1. The third-order valence-electron chi connectivity index (χ3n) is 2.35. The molecule has 0 aliphatic carbocycles. The van der Waals surface area contributed by atoms with Gasteiger partial charge in [0.25, 0.3) is 0 Å². The summed E-state index contributed by atoms with van der Waals surface area (Å²) in [4.78, 5) is 12.7. The molecular weight excluding hydrogens is 226 g/mol. The molecule has 0 fully saturated rings. The van der Waals surface area contributed by atoms with E-state index in [1.165, 1.54) is 4.90 Å². The van der Waals surface area contributed by atoms with Gasteiger partial charge in [0.1, 0.15) is 9.84 Å². The lowest BCUT2D eigenvalue weighted by Gasteiger charge is -2.10. The highest BCUT2D eigenvalue weighted by atomic mass is 32.2. The summed E-state index contributed by atoms with van der Waals surface area (Å²) in [5, 5.41) is 0. The number of rotatable bonds is 7. The Morgan fingerprint density at radius 1 is 1.19 bits per heavy atom. The summed E-state index contributed by atoms with van der Waals surface area (Å²) in [5.74, 6) is 0.748. The Morgan fingerprint density at radius 3 is 2.19 bits per heavy atom. The molecule has 0 aliphatic heterocycles. The molecule has 0 aromatic rings. The van der Waals surface area contributed by atoms with E-state index in [9.17, 15) is 13.2 Å². The van der Waals surface area contributed by atoms with Crippen LogP contribution in [-0.4, -0.2) is 44.8 Å². The lowest BCUT2D eigenvalue weighted by atomic mass is 10.2. The second-order valence-electron chi connectivity index (χ2n) is 4.73. The maximum Gasteiger partial charge on any atom is 0.222 e. The van der Waals surface area contributed by atoms with Gasteiger partial charge in [0.15, 0.2) is 0 Å². The fourth-order valence-electron chi connectivity index (χ4n) is 1.18. The van der Waals surface area contributed by atoms with Gasteiger partial charge >= 0.3 is 0 Å². The molecule has 0 unspecified atom stereocenters. The smallest absolute Gasteiger partial charge is 0.222 e. The van der Waals surface area contributed by atoms with Gasteiger partial charge in [-0.05, 0) is 18.8 Å². The number of hydrogen-bond acceptors (Lipinski definition) is 3. The molecule has 0 N–H and O–H groups in total. The van der Waals surface area contributed by atoms with E-state index in [0.29, 0.717) is 25.2 Å². The zero-order valence-corrected chi connectivity index (χ0v) is 11.5. The van der Waals surface area contributed by atoms with Gasteiger partial charge in [0.2, 0.25) is 5.91 Å². The Balaban J connectivity index is 3.87. The minimum atomic E-state index is -2.97. The van der Waals surface area contributed by atoms with Crippen LogP contribution in [0.25, 0.3) is 0 Å². The molecule has 96 valence electrons. The van der Waals surface area contributed by atoms with Crippen LogP contribution in [0.4, 0.5) is 0 Å². The number of hydrogen-bond donors (Lipinski definition) is 0. The number of amides is 1. The summed E-state index contributed by atoms with van der Waals surface area (Å²) < 4.78 is 23.1. The summed E-state index contributed by atoms with van der Waals surface area (Å²) in [6.45, 7) is 4.01. The van der Waals surface area contributed by atoms with E-state index >= 15 is 0 Å². The van der Waals surface area contributed by atoms with Crippen LogP contribution in [0.5, 0.6) is 0 Å². The standard InChI is InChI=1S/C11H23NO3S/c1-10(2)7-9-16(14,15)8-5-6-11(13)12(3)4/h10H,5-9H2,1-4H3. The zero-order valence-electron chi connectivity index (χ0n) is 10.7. The van der Waals surface area contributed by atoms with Crippen LogP contribution in [0.2, 0.25) is 0 Å². The highest BCUT2D eigenvalue weighted by molar-refractivity contribution is 7.91. The van der Waals surface area contributed by atoms with Crippen molar-refractivity contribution in [2.75, 3.05) is 25.6 Å². The van der Waals surface area contributed by atoms with E-state index in [-0.39, 0.29) is 17.4 Å². The van der Waals surface area contributed by atoms with Crippen molar-refractivity contribution in [1.82, 2.24) is 4.90 Å². The summed E-state index contributed by atoms with van der Waals surface area (Å²) in [6, 6.07) is 0. The van der Waals surface area contributed by atoms with Crippen molar-refractivity contribution < 1.29 is 13.2 Å². The van der Waals surface area contributed by atoms with Gasteiger partial charge in [0, 0.05) is 20.5 Å². The summed E-state index contributed by atoms with van der Waals surface area (Å²) in [6.07, 6.45) is 1.44. The Hall–Kier alpha value is -0.580. The van der Waals surface area contributed by atoms with Crippen LogP contribution in [0, 0.1) is 5.92 Å². The van der Waals surface area contributed by atoms with Crippen LogP contribution in [0.3, 0.4) is 0 Å². The van der Waals surface area contributed by atoms with Crippen molar-refractivity contribution >= 4 is 15.7 Å². The number of carbonyl (C=O) groups is 1. The van der Waals surface area contributed by atoms with Crippen LogP contribution >= 0.6 is 0 Å². The van der Waals surface area contributed by atoms with Crippen molar-refractivity contribution in [3.63, 3.8) is 0 Å². The molecule has 0 rings (SSSR count). The van der Waals surface area contributed by atoms with E-state index in [0.717, 1.165) is 0 Å². The molecule has 0 aromatic carbocycles. The first-order valence-electron chi connectivity index (χ1n) is 5.65. The third-order valence-corrected chi connectivity index (χ3v) is 4.12. The fraction of sp³-hybridized carbons (Fsp3) is 0.909. The van der Waals surface area contributed by atoms with Crippen molar-refractivity contribution in [3.8, 4) is 0 Å². The second kappa shape index (κ2) is 6.89. The number of nitrogens with zero attached hydrogens (tertiary/aromatic N) is 1. The molecule has 0 heterocycles. The minimum Gasteiger partial charge on any atom is -0.349 e. The zero-order chi connectivity index (χ0) is 12.8. The fourth-order valence-corrected chi connectivity index (χ4v) is 2.80. The predicted molar refractivity (Wildman–Crippen MR) is 66.0 cm³/mol. The normalized spacial score (nSPS) is 11.8. The monoisotopic (exact) mass is 249 g/mol.